The summed E-state index contributed by atoms with van der Waals surface area (Å²) in [6, 6.07) is 7.92. The van der Waals surface area contributed by atoms with Crippen molar-refractivity contribution in [2.24, 2.45) is 14.1 Å². The molecule has 2 aromatic rings. The maximum absolute atomic E-state index is 12.3. The van der Waals surface area contributed by atoms with E-state index in [0.29, 0.717) is 18.9 Å². The van der Waals surface area contributed by atoms with Gasteiger partial charge in [-0.1, -0.05) is 0 Å². The van der Waals surface area contributed by atoms with Crippen LogP contribution in [0, 0.1) is 0 Å². The lowest BCUT2D eigenvalue weighted by Gasteiger charge is -2.36. The Morgan fingerprint density at radius 2 is 1.54 bits per heavy atom. The maximum atomic E-state index is 12.3. The van der Waals surface area contributed by atoms with Crippen LogP contribution in [0.1, 0.15) is 0 Å². The number of aromatic nitrogens is 3. The van der Waals surface area contributed by atoms with E-state index < -0.39 is 5.69 Å². The number of benzene rings is 1. The van der Waals surface area contributed by atoms with Crippen LogP contribution < -0.4 is 25.8 Å². The largest absolute Gasteiger partial charge is 0.497 e. The van der Waals surface area contributed by atoms with Gasteiger partial charge in [0.2, 0.25) is 5.82 Å². The lowest BCUT2D eigenvalue weighted by atomic mass is 10.2. The highest BCUT2D eigenvalue weighted by molar-refractivity contribution is 5.51. The zero-order valence-electron chi connectivity index (χ0n) is 14.1. The summed E-state index contributed by atoms with van der Waals surface area (Å²) >= 11 is 0. The number of anilines is 2. The number of aryl methyl sites for hydroxylation is 1. The van der Waals surface area contributed by atoms with Crippen LogP contribution >= 0.6 is 0 Å². The average molecular weight is 331 g/mol. The molecule has 0 bridgehead atoms. The molecule has 0 spiro atoms. The molecule has 0 unspecified atom stereocenters. The van der Waals surface area contributed by atoms with Crippen molar-refractivity contribution >= 4 is 11.5 Å². The third kappa shape index (κ3) is 2.86. The van der Waals surface area contributed by atoms with Crippen LogP contribution in [0.2, 0.25) is 0 Å². The molecule has 0 radical (unpaired) electrons. The Labute approximate surface area is 139 Å². The third-order valence-electron chi connectivity index (χ3n) is 4.32. The SMILES string of the molecule is COc1ccc(N2CCN(c3nn(C)c(=O)n(C)c3=O)CC2)cc1. The number of hydrogen-bond acceptors (Lipinski definition) is 6. The topological polar surface area (TPSA) is 72.6 Å². The van der Waals surface area contributed by atoms with Crippen LogP contribution in [0.25, 0.3) is 0 Å². The van der Waals surface area contributed by atoms with Crippen LogP contribution in [-0.2, 0) is 14.1 Å². The van der Waals surface area contributed by atoms with Gasteiger partial charge >= 0.3 is 5.69 Å². The summed E-state index contributed by atoms with van der Waals surface area (Å²) in [6.45, 7) is 2.90. The predicted molar refractivity (Wildman–Crippen MR) is 92.1 cm³/mol. The minimum absolute atomic E-state index is 0.328. The Morgan fingerprint density at radius 3 is 2.12 bits per heavy atom. The lowest BCUT2D eigenvalue weighted by molar-refractivity contribution is 0.415. The second-order valence-electron chi connectivity index (χ2n) is 5.77. The van der Waals surface area contributed by atoms with Crippen molar-refractivity contribution in [2.75, 3.05) is 43.1 Å². The molecule has 0 aliphatic carbocycles. The molecule has 1 saturated heterocycles. The molecule has 1 aliphatic heterocycles. The molecule has 8 heteroatoms. The molecule has 0 atom stereocenters. The van der Waals surface area contributed by atoms with E-state index in [-0.39, 0.29) is 5.56 Å². The van der Waals surface area contributed by atoms with Gasteiger partial charge in [-0.25, -0.2) is 9.48 Å². The second kappa shape index (κ2) is 6.38. The summed E-state index contributed by atoms with van der Waals surface area (Å²) in [5, 5.41) is 4.14. The monoisotopic (exact) mass is 331 g/mol. The minimum Gasteiger partial charge on any atom is -0.497 e. The highest BCUT2D eigenvalue weighted by Crippen LogP contribution is 2.21. The molecule has 0 N–H and O–H groups in total. The minimum atomic E-state index is -0.416. The molecule has 1 fully saturated rings. The molecule has 0 amide bonds. The van der Waals surface area contributed by atoms with Crippen LogP contribution in [0.3, 0.4) is 0 Å². The first-order valence-electron chi connectivity index (χ1n) is 7.79. The van der Waals surface area contributed by atoms with Crippen molar-refractivity contribution in [3.05, 3.63) is 45.1 Å². The van der Waals surface area contributed by atoms with Gasteiger partial charge in [0.05, 0.1) is 7.11 Å². The Balaban J connectivity index is 1.75. The fourth-order valence-electron chi connectivity index (χ4n) is 2.85. The van der Waals surface area contributed by atoms with Gasteiger partial charge < -0.3 is 14.5 Å². The summed E-state index contributed by atoms with van der Waals surface area (Å²) in [7, 11) is 4.68. The van der Waals surface area contributed by atoms with E-state index in [9.17, 15) is 9.59 Å². The quantitative estimate of drug-likeness (QED) is 0.777. The highest BCUT2D eigenvalue weighted by atomic mass is 16.5. The van der Waals surface area contributed by atoms with E-state index in [1.165, 1.54) is 11.7 Å². The van der Waals surface area contributed by atoms with Gasteiger partial charge in [0.1, 0.15) is 5.75 Å². The number of hydrogen-bond donors (Lipinski definition) is 0. The van der Waals surface area contributed by atoms with Crippen molar-refractivity contribution in [3.63, 3.8) is 0 Å². The van der Waals surface area contributed by atoms with E-state index in [0.717, 1.165) is 29.1 Å². The number of rotatable bonds is 3. The Morgan fingerprint density at radius 1 is 0.958 bits per heavy atom. The van der Waals surface area contributed by atoms with E-state index in [1.807, 2.05) is 29.2 Å². The zero-order valence-corrected chi connectivity index (χ0v) is 14.1. The molecule has 24 heavy (non-hydrogen) atoms. The first-order valence-corrected chi connectivity index (χ1v) is 7.79. The fraction of sp³-hybridized carbons (Fsp3) is 0.438. The number of nitrogens with zero attached hydrogens (tertiary/aromatic N) is 5. The Bertz CT molecular complexity index is 832. The highest BCUT2D eigenvalue weighted by Gasteiger charge is 2.22. The van der Waals surface area contributed by atoms with Crippen LogP contribution in [0.15, 0.2) is 33.9 Å². The molecule has 3 rings (SSSR count). The van der Waals surface area contributed by atoms with E-state index in [4.69, 9.17) is 4.74 Å². The van der Waals surface area contributed by atoms with Crippen molar-refractivity contribution < 1.29 is 4.74 Å². The first kappa shape index (κ1) is 16.1. The number of ether oxygens (including phenoxy) is 1. The van der Waals surface area contributed by atoms with E-state index in [1.54, 1.807) is 14.2 Å². The van der Waals surface area contributed by atoms with E-state index in [2.05, 4.69) is 10.00 Å². The second-order valence-corrected chi connectivity index (χ2v) is 5.77. The summed E-state index contributed by atoms with van der Waals surface area (Å²) in [5.41, 5.74) is 0.355. The summed E-state index contributed by atoms with van der Waals surface area (Å²) in [5.74, 6) is 1.16. The molecule has 1 aromatic carbocycles. The van der Waals surface area contributed by atoms with E-state index >= 15 is 0 Å². The normalized spacial score (nSPS) is 14.8. The molecular formula is C16H21N5O3. The zero-order chi connectivity index (χ0) is 17.3. The Kier molecular flexibility index (Phi) is 4.28. The number of piperazine rings is 1. The van der Waals surface area contributed by atoms with Crippen molar-refractivity contribution in [3.8, 4) is 5.75 Å². The molecule has 128 valence electrons. The van der Waals surface area contributed by atoms with Gasteiger partial charge in [0.15, 0.2) is 0 Å². The van der Waals surface area contributed by atoms with Crippen molar-refractivity contribution in [2.45, 2.75) is 0 Å². The first-order chi connectivity index (χ1) is 11.5. The summed E-state index contributed by atoms with van der Waals surface area (Å²) in [4.78, 5) is 28.2. The third-order valence-corrected chi connectivity index (χ3v) is 4.32. The predicted octanol–water partition coefficient (Wildman–Crippen LogP) is -0.186. The van der Waals surface area contributed by atoms with Gasteiger partial charge in [-0.15, -0.1) is 5.10 Å². The van der Waals surface area contributed by atoms with Crippen molar-refractivity contribution in [1.29, 1.82) is 0 Å². The fourth-order valence-corrected chi connectivity index (χ4v) is 2.85. The molecule has 8 nitrogen and oxygen atoms in total. The van der Waals surface area contributed by atoms with Gasteiger partial charge in [0.25, 0.3) is 5.56 Å². The summed E-state index contributed by atoms with van der Waals surface area (Å²) in [6.07, 6.45) is 0. The summed E-state index contributed by atoms with van der Waals surface area (Å²) < 4.78 is 7.47. The Hall–Kier alpha value is -2.77. The van der Waals surface area contributed by atoms with Gasteiger partial charge in [-0.05, 0) is 24.3 Å². The molecular weight excluding hydrogens is 310 g/mol. The van der Waals surface area contributed by atoms with Crippen LogP contribution in [0.5, 0.6) is 5.75 Å². The molecule has 1 aliphatic rings. The lowest BCUT2D eigenvalue weighted by Crippen LogP contribution is -2.50. The molecule has 0 saturated carbocycles. The van der Waals surface area contributed by atoms with Gasteiger partial charge in [-0.2, -0.15) is 0 Å². The van der Waals surface area contributed by atoms with Crippen LogP contribution in [0.4, 0.5) is 11.5 Å². The smallest absolute Gasteiger partial charge is 0.346 e. The maximum Gasteiger partial charge on any atom is 0.346 e. The average Bonchev–Trinajstić information content (AvgIpc) is 2.63. The van der Waals surface area contributed by atoms with Crippen LogP contribution in [-0.4, -0.2) is 47.6 Å². The number of methoxy groups -OCH3 is 1. The van der Waals surface area contributed by atoms with Gasteiger partial charge in [0, 0.05) is 46.0 Å². The molecule has 2 heterocycles. The van der Waals surface area contributed by atoms with Crippen molar-refractivity contribution in [1.82, 2.24) is 14.3 Å². The molecule has 1 aromatic heterocycles. The van der Waals surface area contributed by atoms with Gasteiger partial charge in [-0.3, -0.25) is 9.36 Å². The standard InChI is InChI=1S/C16H21N5O3/c1-18-15(22)14(17-19(2)16(18)23)21-10-8-20(9-11-21)12-4-6-13(24-3)7-5-12/h4-7H,8-11H2,1-3H3.